The number of nitrogens with two attached hydrogens (primary N) is 1. The van der Waals surface area contributed by atoms with Crippen molar-refractivity contribution in [2.75, 3.05) is 12.8 Å². The number of H-pyrrole nitrogens is 1. The number of rotatable bonds is 3. The molecule has 0 aromatic carbocycles. The fourth-order valence-corrected chi connectivity index (χ4v) is 1.47. The third-order valence-corrected chi connectivity index (χ3v) is 2.37. The number of nitrogen functional groups attached to an aromatic ring is 1. The van der Waals surface area contributed by atoms with Gasteiger partial charge in [-0.2, -0.15) is 5.10 Å². The second-order valence-corrected chi connectivity index (χ2v) is 3.98. The average molecular weight is 246 g/mol. The van der Waals surface area contributed by atoms with E-state index in [4.69, 9.17) is 5.73 Å². The van der Waals surface area contributed by atoms with Gasteiger partial charge < -0.3 is 10.6 Å². The lowest BCUT2D eigenvalue weighted by Gasteiger charge is -2.14. The Morgan fingerprint density at radius 1 is 1.50 bits per heavy atom. The van der Waals surface area contributed by atoms with Crippen LogP contribution in [0.1, 0.15) is 22.1 Å². The summed E-state index contributed by atoms with van der Waals surface area (Å²) in [5.74, 6) is 1.09. The molecule has 18 heavy (non-hydrogen) atoms. The molecule has 0 saturated carbocycles. The molecule has 0 saturated heterocycles. The predicted molar refractivity (Wildman–Crippen MR) is 65.6 cm³/mol. The maximum Gasteiger partial charge on any atom is 0.272 e. The van der Waals surface area contributed by atoms with Crippen molar-refractivity contribution < 1.29 is 4.79 Å². The molecule has 0 unspecified atom stereocenters. The first-order chi connectivity index (χ1) is 8.56. The number of nitrogens with zero attached hydrogens (tertiary/aromatic N) is 4. The van der Waals surface area contributed by atoms with Gasteiger partial charge in [0.05, 0.1) is 18.4 Å². The number of hydrogen-bond donors (Lipinski definition) is 2. The molecule has 0 bridgehead atoms. The highest BCUT2D eigenvalue weighted by atomic mass is 16.2. The van der Waals surface area contributed by atoms with Crippen LogP contribution in [0.4, 0.5) is 5.69 Å². The quantitative estimate of drug-likeness (QED) is 0.814. The van der Waals surface area contributed by atoms with Crippen molar-refractivity contribution in [3.8, 4) is 0 Å². The number of carbonyl (C=O) groups excluding carboxylic acids is 1. The van der Waals surface area contributed by atoms with Crippen LogP contribution in [0.25, 0.3) is 0 Å². The standard InChI is InChI=1S/C11H14N6O/c1-7-14-10(16-15-7)6-17(2)11(18)9-4-3-8(12)5-13-9/h3-5H,6,12H2,1-2H3,(H,14,15,16). The molecule has 0 fully saturated rings. The number of nitrogens with one attached hydrogen (secondary N) is 1. The third-order valence-electron chi connectivity index (χ3n) is 2.37. The van der Waals surface area contributed by atoms with E-state index >= 15 is 0 Å². The van der Waals surface area contributed by atoms with E-state index in [1.807, 2.05) is 0 Å². The Bertz CT molecular complexity index is 547. The predicted octanol–water partition coefficient (Wildman–Crippen LogP) is 0.363. The van der Waals surface area contributed by atoms with Gasteiger partial charge in [-0.1, -0.05) is 0 Å². The van der Waals surface area contributed by atoms with E-state index in [9.17, 15) is 4.79 Å². The molecule has 1 amide bonds. The Labute approximate surface area is 104 Å². The number of anilines is 1. The van der Waals surface area contributed by atoms with E-state index in [-0.39, 0.29) is 5.91 Å². The zero-order chi connectivity index (χ0) is 13.1. The van der Waals surface area contributed by atoms with Crippen molar-refractivity contribution >= 4 is 11.6 Å². The molecule has 0 spiro atoms. The van der Waals surface area contributed by atoms with E-state index < -0.39 is 0 Å². The van der Waals surface area contributed by atoms with Crippen LogP contribution in [0.5, 0.6) is 0 Å². The molecule has 2 aromatic heterocycles. The summed E-state index contributed by atoms with van der Waals surface area (Å²) < 4.78 is 0. The van der Waals surface area contributed by atoms with Gasteiger partial charge in [0.15, 0.2) is 5.82 Å². The number of amides is 1. The Morgan fingerprint density at radius 2 is 2.28 bits per heavy atom. The monoisotopic (exact) mass is 246 g/mol. The van der Waals surface area contributed by atoms with Crippen molar-refractivity contribution in [1.82, 2.24) is 25.1 Å². The molecule has 2 aromatic rings. The zero-order valence-electron chi connectivity index (χ0n) is 10.2. The summed E-state index contributed by atoms with van der Waals surface area (Å²) in [6, 6.07) is 3.24. The molecule has 7 nitrogen and oxygen atoms in total. The highest BCUT2D eigenvalue weighted by molar-refractivity contribution is 5.92. The Hall–Kier alpha value is -2.44. The molecule has 0 atom stereocenters. The summed E-state index contributed by atoms with van der Waals surface area (Å²) in [6.07, 6.45) is 1.46. The number of aromatic amines is 1. The van der Waals surface area contributed by atoms with Gasteiger partial charge in [-0.15, -0.1) is 0 Å². The first-order valence-corrected chi connectivity index (χ1v) is 5.41. The lowest BCUT2D eigenvalue weighted by Crippen LogP contribution is -2.27. The Kier molecular flexibility index (Phi) is 3.22. The van der Waals surface area contributed by atoms with Crippen LogP contribution in [-0.4, -0.2) is 38.0 Å². The smallest absolute Gasteiger partial charge is 0.272 e. The highest BCUT2D eigenvalue weighted by Crippen LogP contribution is 2.06. The van der Waals surface area contributed by atoms with E-state index in [1.165, 1.54) is 11.1 Å². The van der Waals surface area contributed by atoms with Crippen LogP contribution >= 0.6 is 0 Å². The topological polar surface area (TPSA) is 101 Å². The van der Waals surface area contributed by atoms with E-state index in [0.717, 1.165) is 5.82 Å². The lowest BCUT2D eigenvalue weighted by atomic mass is 10.3. The van der Waals surface area contributed by atoms with Gasteiger partial charge >= 0.3 is 0 Å². The van der Waals surface area contributed by atoms with Crippen molar-refractivity contribution in [1.29, 1.82) is 0 Å². The number of aromatic nitrogens is 4. The van der Waals surface area contributed by atoms with Gasteiger partial charge in [0, 0.05) is 7.05 Å². The third kappa shape index (κ3) is 2.62. The first-order valence-electron chi connectivity index (χ1n) is 5.41. The van der Waals surface area contributed by atoms with E-state index in [1.54, 1.807) is 26.1 Å². The maximum absolute atomic E-state index is 12.0. The number of pyridine rings is 1. The van der Waals surface area contributed by atoms with Crippen LogP contribution in [0.2, 0.25) is 0 Å². The molecule has 0 aliphatic carbocycles. The van der Waals surface area contributed by atoms with Gasteiger partial charge in [0.2, 0.25) is 0 Å². The Morgan fingerprint density at radius 3 is 2.83 bits per heavy atom. The number of aryl methyl sites for hydroxylation is 1. The van der Waals surface area contributed by atoms with Crippen LogP contribution in [0, 0.1) is 6.92 Å². The minimum absolute atomic E-state index is 0.197. The second-order valence-electron chi connectivity index (χ2n) is 3.98. The molecule has 0 aliphatic rings. The Balaban J connectivity index is 2.07. The summed E-state index contributed by atoms with van der Waals surface area (Å²) in [7, 11) is 1.67. The minimum Gasteiger partial charge on any atom is -0.397 e. The van der Waals surface area contributed by atoms with Gasteiger partial charge in [0.25, 0.3) is 5.91 Å². The van der Waals surface area contributed by atoms with E-state index in [2.05, 4.69) is 20.2 Å². The summed E-state index contributed by atoms with van der Waals surface area (Å²) >= 11 is 0. The minimum atomic E-state index is -0.197. The van der Waals surface area contributed by atoms with Gasteiger partial charge in [-0.25, -0.2) is 9.97 Å². The summed E-state index contributed by atoms with van der Waals surface area (Å²) in [6.45, 7) is 2.13. The molecule has 0 radical (unpaired) electrons. The number of carbonyl (C=O) groups is 1. The molecule has 0 aliphatic heterocycles. The van der Waals surface area contributed by atoms with Gasteiger partial charge in [-0.05, 0) is 19.1 Å². The van der Waals surface area contributed by atoms with Gasteiger partial charge in [0.1, 0.15) is 11.5 Å². The SMILES string of the molecule is Cc1nc(CN(C)C(=O)c2ccc(N)cn2)n[nH]1. The normalized spacial score (nSPS) is 10.3. The lowest BCUT2D eigenvalue weighted by molar-refractivity contribution is 0.0776. The molecular weight excluding hydrogens is 232 g/mol. The molecule has 3 N–H and O–H groups in total. The largest absolute Gasteiger partial charge is 0.397 e. The zero-order valence-corrected chi connectivity index (χ0v) is 10.2. The van der Waals surface area contributed by atoms with Gasteiger partial charge in [-0.3, -0.25) is 9.89 Å². The van der Waals surface area contributed by atoms with Crippen molar-refractivity contribution in [2.24, 2.45) is 0 Å². The van der Waals surface area contributed by atoms with Crippen LogP contribution in [0.3, 0.4) is 0 Å². The highest BCUT2D eigenvalue weighted by Gasteiger charge is 2.14. The summed E-state index contributed by atoms with van der Waals surface area (Å²) in [5.41, 5.74) is 6.39. The van der Waals surface area contributed by atoms with Crippen LogP contribution in [0.15, 0.2) is 18.3 Å². The van der Waals surface area contributed by atoms with Crippen LogP contribution < -0.4 is 5.73 Å². The number of hydrogen-bond acceptors (Lipinski definition) is 5. The van der Waals surface area contributed by atoms with Crippen molar-refractivity contribution in [3.63, 3.8) is 0 Å². The first kappa shape index (κ1) is 12.0. The summed E-state index contributed by atoms with van der Waals surface area (Å²) in [5, 5.41) is 6.70. The van der Waals surface area contributed by atoms with Crippen LogP contribution in [-0.2, 0) is 6.54 Å². The second kappa shape index (κ2) is 4.82. The fraction of sp³-hybridized carbons (Fsp3) is 0.273. The molecule has 7 heteroatoms. The van der Waals surface area contributed by atoms with E-state index in [0.29, 0.717) is 23.8 Å². The van der Waals surface area contributed by atoms with Crippen molar-refractivity contribution in [3.05, 3.63) is 35.7 Å². The maximum atomic E-state index is 12.0. The fourth-order valence-electron chi connectivity index (χ4n) is 1.47. The molecule has 2 heterocycles. The summed E-state index contributed by atoms with van der Waals surface area (Å²) in [4.78, 5) is 21.6. The molecule has 2 rings (SSSR count). The molecule has 94 valence electrons. The molecular formula is C11H14N6O. The van der Waals surface area contributed by atoms with Crippen molar-refractivity contribution in [2.45, 2.75) is 13.5 Å². The average Bonchev–Trinajstić information content (AvgIpc) is 2.75.